The Hall–Kier alpha value is -1.26. The van der Waals surface area contributed by atoms with Gasteiger partial charge in [0, 0.05) is 18.7 Å². The van der Waals surface area contributed by atoms with Gasteiger partial charge in [-0.3, -0.25) is 4.79 Å². The molecule has 78 valence electrons. The largest absolute Gasteiger partial charge is 0.508 e. The van der Waals surface area contributed by atoms with Gasteiger partial charge < -0.3 is 16.2 Å². The minimum absolute atomic E-state index is 0. The molecule has 1 aromatic carbocycles. The minimum Gasteiger partial charge on any atom is -0.508 e. The van der Waals surface area contributed by atoms with E-state index in [4.69, 9.17) is 10.8 Å². The van der Waals surface area contributed by atoms with Crippen LogP contribution in [0.5, 0.6) is 5.75 Å². The first-order valence-electron chi connectivity index (χ1n) is 4.01. The lowest BCUT2D eigenvalue weighted by Gasteiger charge is -2.02. The summed E-state index contributed by atoms with van der Waals surface area (Å²) in [5, 5.41) is 11.6. The molecule has 1 amide bonds. The molecule has 4 N–H and O–H groups in total. The van der Waals surface area contributed by atoms with Crippen LogP contribution in [0.15, 0.2) is 24.3 Å². The van der Waals surface area contributed by atoms with Crippen LogP contribution in [0.2, 0.25) is 0 Å². The molecule has 0 atom stereocenters. The molecule has 5 heteroatoms. The molecule has 0 aliphatic rings. The summed E-state index contributed by atoms with van der Waals surface area (Å²) in [4.78, 5) is 11.3. The lowest BCUT2D eigenvalue weighted by molar-refractivity contribution is 0.0955. The molecular weight excluding hydrogens is 204 g/mol. The Morgan fingerprint density at radius 3 is 2.43 bits per heavy atom. The molecule has 0 bridgehead atoms. The van der Waals surface area contributed by atoms with E-state index in [1.807, 2.05) is 0 Å². The number of phenols is 1. The monoisotopic (exact) mass is 216 g/mol. The Morgan fingerprint density at radius 1 is 1.36 bits per heavy atom. The van der Waals surface area contributed by atoms with Crippen molar-refractivity contribution in [1.82, 2.24) is 5.32 Å². The highest BCUT2D eigenvalue weighted by molar-refractivity contribution is 5.94. The van der Waals surface area contributed by atoms with Crippen LogP contribution in [0.3, 0.4) is 0 Å². The van der Waals surface area contributed by atoms with Crippen molar-refractivity contribution in [3.8, 4) is 5.75 Å². The number of benzene rings is 1. The zero-order valence-electron chi connectivity index (χ0n) is 7.56. The number of carbonyl (C=O) groups is 1. The molecule has 0 aliphatic heterocycles. The van der Waals surface area contributed by atoms with Crippen LogP contribution >= 0.6 is 12.4 Å². The molecule has 0 fully saturated rings. The standard InChI is InChI=1S/C9H12N2O2.ClH/c10-5-6-11-9(13)7-1-3-8(12)4-2-7;/h1-4,12H,5-6,10H2,(H,11,13);1H. The fourth-order valence-electron chi connectivity index (χ4n) is 0.901. The second-order valence-corrected chi connectivity index (χ2v) is 2.59. The van der Waals surface area contributed by atoms with Gasteiger partial charge in [0.2, 0.25) is 0 Å². The number of phenolic OH excluding ortho intramolecular Hbond substituents is 1. The summed E-state index contributed by atoms with van der Waals surface area (Å²) in [6.45, 7) is 0.879. The maximum atomic E-state index is 11.3. The summed E-state index contributed by atoms with van der Waals surface area (Å²) in [6.07, 6.45) is 0. The van der Waals surface area contributed by atoms with Gasteiger partial charge in [-0.15, -0.1) is 12.4 Å². The van der Waals surface area contributed by atoms with Crippen molar-refractivity contribution in [2.45, 2.75) is 0 Å². The third-order valence-electron chi connectivity index (χ3n) is 1.56. The van der Waals surface area contributed by atoms with Gasteiger partial charge in [-0.2, -0.15) is 0 Å². The molecule has 0 heterocycles. The quantitative estimate of drug-likeness (QED) is 0.689. The van der Waals surface area contributed by atoms with Crippen molar-refractivity contribution in [2.75, 3.05) is 13.1 Å². The lowest BCUT2D eigenvalue weighted by Crippen LogP contribution is -2.28. The molecule has 0 spiro atoms. The maximum absolute atomic E-state index is 11.3. The van der Waals surface area contributed by atoms with Crippen LogP contribution in [0, 0.1) is 0 Å². The fraction of sp³-hybridized carbons (Fsp3) is 0.222. The first-order valence-corrected chi connectivity index (χ1v) is 4.01. The van der Waals surface area contributed by atoms with Crippen LogP contribution in [0.4, 0.5) is 0 Å². The van der Waals surface area contributed by atoms with Crippen molar-refractivity contribution >= 4 is 18.3 Å². The molecule has 0 aromatic heterocycles. The number of carbonyl (C=O) groups excluding carboxylic acids is 1. The fourth-order valence-corrected chi connectivity index (χ4v) is 0.901. The van der Waals surface area contributed by atoms with E-state index in [0.717, 1.165) is 0 Å². The smallest absolute Gasteiger partial charge is 0.251 e. The summed E-state index contributed by atoms with van der Waals surface area (Å²) < 4.78 is 0. The summed E-state index contributed by atoms with van der Waals surface area (Å²) in [7, 11) is 0. The molecule has 0 radical (unpaired) electrons. The highest BCUT2D eigenvalue weighted by Gasteiger charge is 2.02. The second-order valence-electron chi connectivity index (χ2n) is 2.59. The summed E-state index contributed by atoms with van der Waals surface area (Å²) in [5.74, 6) is -0.0270. The predicted octanol–water partition coefficient (Wildman–Crippen LogP) is 0.502. The molecule has 4 nitrogen and oxygen atoms in total. The van der Waals surface area contributed by atoms with Gasteiger partial charge in [-0.25, -0.2) is 0 Å². The summed E-state index contributed by atoms with van der Waals surface area (Å²) in [6, 6.07) is 6.05. The van der Waals surface area contributed by atoms with Crippen molar-refractivity contribution in [1.29, 1.82) is 0 Å². The van der Waals surface area contributed by atoms with Crippen LogP contribution in [-0.4, -0.2) is 24.1 Å². The number of halogens is 1. The maximum Gasteiger partial charge on any atom is 0.251 e. The van der Waals surface area contributed by atoms with Crippen molar-refractivity contribution in [3.05, 3.63) is 29.8 Å². The minimum atomic E-state index is -0.176. The average molecular weight is 217 g/mol. The van der Waals surface area contributed by atoms with Gasteiger partial charge in [0.1, 0.15) is 5.75 Å². The van der Waals surface area contributed by atoms with Crippen LogP contribution in [0.25, 0.3) is 0 Å². The SMILES string of the molecule is Cl.NCCNC(=O)c1ccc(O)cc1. The number of hydrogen-bond acceptors (Lipinski definition) is 3. The van der Waals surface area contributed by atoms with Crippen molar-refractivity contribution < 1.29 is 9.90 Å². The Labute approximate surface area is 88.5 Å². The van der Waals surface area contributed by atoms with Crippen LogP contribution in [0.1, 0.15) is 10.4 Å². The van der Waals surface area contributed by atoms with E-state index in [2.05, 4.69) is 5.32 Å². The molecule has 14 heavy (non-hydrogen) atoms. The number of amides is 1. The zero-order chi connectivity index (χ0) is 9.68. The molecular formula is C9H13ClN2O2. The first kappa shape index (κ1) is 12.7. The molecule has 0 aliphatic carbocycles. The molecule has 0 saturated carbocycles. The van der Waals surface area contributed by atoms with Gasteiger partial charge in [0.15, 0.2) is 0 Å². The van der Waals surface area contributed by atoms with Crippen molar-refractivity contribution in [3.63, 3.8) is 0 Å². The Bertz CT molecular complexity index is 287. The summed E-state index contributed by atoms with van der Waals surface area (Å²) in [5.41, 5.74) is 5.74. The zero-order valence-corrected chi connectivity index (χ0v) is 8.38. The second kappa shape index (κ2) is 6.23. The van der Waals surface area contributed by atoms with Gasteiger partial charge in [0.25, 0.3) is 5.91 Å². The Morgan fingerprint density at radius 2 is 1.93 bits per heavy atom. The van der Waals surface area contributed by atoms with Crippen molar-refractivity contribution in [2.24, 2.45) is 5.73 Å². The van der Waals surface area contributed by atoms with Gasteiger partial charge in [0.05, 0.1) is 0 Å². The number of rotatable bonds is 3. The molecule has 1 aromatic rings. The van der Waals surface area contributed by atoms with E-state index in [1.165, 1.54) is 12.1 Å². The number of nitrogens with two attached hydrogens (primary N) is 1. The Balaban J connectivity index is 0.00000169. The molecule has 1 rings (SSSR count). The number of nitrogens with one attached hydrogen (secondary N) is 1. The summed E-state index contributed by atoms with van der Waals surface area (Å²) >= 11 is 0. The highest BCUT2D eigenvalue weighted by atomic mass is 35.5. The van der Waals surface area contributed by atoms with Crippen LogP contribution in [-0.2, 0) is 0 Å². The molecule has 0 unspecified atom stereocenters. The normalized spacial score (nSPS) is 8.93. The van der Waals surface area contributed by atoms with Crippen LogP contribution < -0.4 is 11.1 Å². The topological polar surface area (TPSA) is 75.3 Å². The van der Waals surface area contributed by atoms with E-state index >= 15 is 0 Å². The predicted molar refractivity (Wildman–Crippen MR) is 56.7 cm³/mol. The average Bonchev–Trinajstić information content (AvgIpc) is 2.15. The van der Waals surface area contributed by atoms with E-state index in [9.17, 15) is 4.79 Å². The van der Waals surface area contributed by atoms with Gasteiger partial charge in [-0.05, 0) is 24.3 Å². The lowest BCUT2D eigenvalue weighted by atomic mass is 10.2. The van der Waals surface area contributed by atoms with Gasteiger partial charge in [-0.1, -0.05) is 0 Å². The number of aromatic hydroxyl groups is 1. The first-order chi connectivity index (χ1) is 6.24. The van der Waals surface area contributed by atoms with E-state index in [-0.39, 0.29) is 24.1 Å². The van der Waals surface area contributed by atoms with E-state index in [1.54, 1.807) is 12.1 Å². The van der Waals surface area contributed by atoms with E-state index in [0.29, 0.717) is 18.7 Å². The number of hydrogen-bond donors (Lipinski definition) is 3. The molecule has 0 saturated heterocycles. The van der Waals surface area contributed by atoms with Gasteiger partial charge >= 0.3 is 0 Å². The third kappa shape index (κ3) is 3.64. The highest BCUT2D eigenvalue weighted by Crippen LogP contribution is 2.08. The van der Waals surface area contributed by atoms with E-state index < -0.39 is 0 Å². The third-order valence-corrected chi connectivity index (χ3v) is 1.56. The Kier molecular flexibility index (Phi) is 5.67.